The van der Waals surface area contributed by atoms with Gasteiger partial charge in [0.25, 0.3) is 0 Å². The molecule has 0 radical (unpaired) electrons. The quantitative estimate of drug-likeness (QED) is 0.600. The molecule has 0 heterocycles. The monoisotopic (exact) mass is 254 g/mol. The van der Waals surface area contributed by atoms with Gasteiger partial charge in [-0.3, -0.25) is 9.36 Å². The van der Waals surface area contributed by atoms with E-state index in [9.17, 15) is 14.3 Å². The zero-order chi connectivity index (χ0) is 12.9. The third kappa shape index (κ3) is 3.84. The molecule has 92 valence electrons. The SMILES string of the molecule is C=CCC(CP(=O)(O)c1ccccc1)C(=O)O. The molecule has 2 atom stereocenters. The van der Waals surface area contributed by atoms with Gasteiger partial charge in [-0.25, -0.2) is 0 Å². The zero-order valence-electron chi connectivity index (χ0n) is 9.32. The van der Waals surface area contributed by atoms with Crippen molar-refractivity contribution in [2.75, 3.05) is 6.16 Å². The molecule has 17 heavy (non-hydrogen) atoms. The summed E-state index contributed by atoms with van der Waals surface area (Å²) in [6.45, 7) is 3.45. The lowest BCUT2D eigenvalue weighted by Crippen LogP contribution is -2.20. The lowest BCUT2D eigenvalue weighted by Gasteiger charge is -2.16. The van der Waals surface area contributed by atoms with Crippen LogP contribution in [-0.2, 0) is 9.36 Å². The van der Waals surface area contributed by atoms with Crippen LogP contribution in [0.4, 0.5) is 0 Å². The van der Waals surface area contributed by atoms with Crippen molar-refractivity contribution in [3.63, 3.8) is 0 Å². The predicted octanol–water partition coefficient (Wildman–Crippen LogP) is 1.86. The molecule has 0 aliphatic heterocycles. The Hall–Kier alpha value is -1.38. The van der Waals surface area contributed by atoms with Crippen LogP contribution in [0.1, 0.15) is 6.42 Å². The second-order valence-corrected chi connectivity index (χ2v) is 6.06. The minimum Gasteiger partial charge on any atom is -0.481 e. The number of hydrogen-bond acceptors (Lipinski definition) is 2. The summed E-state index contributed by atoms with van der Waals surface area (Å²) in [5.74, 6) is -1.95. The summed E-state index contributed by atoms with van der Waals surface area (Å²) in [5.41, 5.74) is 0. The molecule has 0 aliphatic carbocycles. The van der Waals surface area contributed by atoms with Crippen molar-refractivity contribution in [1.29, 1.82) is 0 Å². The molecular weight excluding hydrogens is 239 g/mol. The smallest absolute Gasteiger partial charge is 0.307 e. The maximum absolute atomic E-state index is 12.1. The first-order valence-corrected chi connectivity index (χ1v) is 7.03. The molecule has 0 aliphatic rings. The van der Waals surface area contributed by atoms with E-state index in [0.29, 0.717) is 0 Å². The molecule has 1 rings (SSSR count). The van der Waals surface area contributed by atoms with Crippen LogP contribution in [0, 0.1) is 5.92 Å². The van der Waals surface area contributed by atoms with Crippen LogP contribution in [0.25, 0.3) is 0 Å². The Labute approximate surface area is 100 Å². The van der Waals surface area contributed by atoms with Gasteiger partial charge >= 0.3 is 5.97 Å². The Morgan fingerprint density at radius 2 is 2.00 bits per heavy atom. The van der Waals surface area contributed by atoms with Gasteiger partial charge in [0.05, 0.1) is 5.92 Å². The van der Waals surface area contributed by atoms with Crippen LogP contribution < -0.4 is 5.30 Å². The highest BCUT2D eigenvalue weighted by atomic mass is 31.2. The molecule has 0 saturated heterocycles. The summed E-state index contributed by atoms with van der Waals surface area (Å²) in [6, 6.07) is 8.12. The summed E-state index contributed by atoms with van der Waals surface area (Å²) < 4.78 is 12.1. The van der Waals surface area contributed by atoms with Crippen molar-refractivity contribution in [3.05, 3.63) is 43.0 Å². The van der Waals surface area contributed by atoms with Crippen LogP contribution in [0.3, 0.4) is 0 Å². The number of rotatable bonds is 6. The number of carboxylic acid groups (broad SMARTS) is 1. The molecule has 0 fully saturated rings. The summed E-state index contributed by atoms with van der Waals surface area (Å²) in [5, 5.41) is 9.22. The third-order valence-electron chi connectivity index (χ3n) is 2.43. The largest absolute Gasteiger partial charge is 0.481 e. The fourth-order valence-electron chi connectivity index (χ4n) is 1.52. The lowest BCUT2D eigenvalue weighted by molar-refractivity contribution is -0.140. The molecular formula is C12H15O4P. The van der Waals surface area contributed by atoms with E-state index in [4.69, 9.17) is 5.11 Å². The minimum atomic E-state index is -3.61. The molecule has 2 N–H and O–H groups in total. The van der Waals surface area contributed by atoms with Crippen molar-refractivity contribution in [1.82, 2.24) is 0 Å². The molecule has 5 heteroatoms. The lowest BCUT2D eigenvalue weighted by atomic mass is 10.1. The third-order valence-corrected chi connectivity index (χ3v) is 4.47. The van der Waals surface area contributed by atoms with Crippen molar-refractivity contribution in [2.24, 2.45) is 5.92 Å². The zero-order valence-corrected chi connectivity index (χ0v) is 10.2. The van der Waals surface area contributed by atoms with Gasteiger partial charge < -0.3 is 10.00 Å². The first kappa shape index (κ1) is 13.7. The number of hydrogen-bond donors (Lipinski definition) is 2. The van der Waals surface area contributed by atoms with E-state index in [1.165, 1.54) is 18.2 Å². The number of allylic oxidation sites excluding steroid dienone is 1. The Morgan fingerprint density at radius 1 is 1.41 bits per heavy atom. The maximum Gasteiger partial charge on any atom is 0.307 e. The summed E-state index contributed by atoms with van der Waals surface area (Å²) in [6.07, 6.45) is 1.37. The van der Waals surface area contributed by atoms with Gasteiger partial charge in [0, 0.05) is 11.5 Å². The van der Waals surface area contributed by atoms with Gasteiger partial charge in [-0.05, 0) is 18.6 Å². The van der Waals surface area contributed by atoms with Crippen molar-refractivity contribution in [2.45, 2.75) is 6.42 Å². The van der Waals surface area contributed by atoms with Crippen LogP contribution in [-0.4, -0.2) is 22.1 Å². The van der Waals surface area contributed by atoms with Crippen molar-refractivity contribution < 1.29 is 19.4 Å². The van der Waals surface area contributed by atoms with E-state index in [2.05, 4.69) is 6.58 Å². The standard InChI is InChI=1S/C12H15O4P/c1-2-6-10(12(13)14)9-17(15,16)11-7-4-3-5-8-11/h2-5,7-8,10H,1,6,9H2,(H,13,14)(H,15,16). The Kier molecular flexibility index (Phi) is 4.67. The van der Waals surface area contributed by atoms with E-state index in [0.717, 1.165) is 0 Å². The van der Waals surface area contributed by atoms with E-state index in [-0.39, 0.29) is 17.9 Å². The summed E-state index contributed by atoms with van der Waals surface area (Å²) in [4.78, 5) is 20.8. The molecule has 1 aromatic carbocycles. The van der Waals surface area contributed by atoms with Gasteiger partial charge in [0.15, 0.2) is 0 Å². The molecule has 0 amide bonds. The Balaban J connectivity index is 2.88. The minimum absolute atomic E-state index is 0.187. The van der Waals surface area contributed by atoms with Gasteiger partial charge in [-0.2, -0.15) is 0 Å². The number of carbonyl (C=O) groups is 1. The number of carboxylic acids is 1. The van der Waals surface area contributed by atoms with Crippen LogP contribution in [0.2, 0.25) is 0 Å². The first-order valence-electron chi connectivity index (χ1n) is 5.18. The molecule has 0 saturated carbocycles. The number of aliphatic carboxylic acids is 1. The first-order chi connectivity index (χ1) is 7.97. The topological polar surface area (TPSA) is 74.6 Å². The van der Waals surface area contributed by atoms with Gasteiger partial charge in [0.2, 0.25) is 7.37 Å². The summed E-state index contributed by atoms with van der Waals surface area (Å²) in [7, 11) is -3.61. The molecule has 4 nitrogen and oxygen atoms in total. The normalized spacial score (nSPS) is 15.8. The van der Waals surface area contributed by atoms with Crippen molar-refractivity contribution in [3.8, 4) is 0 Å². The highest BCUT2D eigenvalue weighted by Crippen LogP contribution is 2.41. The second kappa shape index (κ2) is 5.80. The van der Waals surface area contributed by atoms with Gasteiger partial charge in [-0.1, -0.05) is 24.3 Å². The predicted molar refractivity (Wildman–Crippen MR) is 66.7 cm³/mol. The second-order valence-electron chi connectivity index (χ2n) is 3.78. The Bertz CT molecular complexity index is 441. The Morgan fingerprint density at radius 3 is 2.47 bits per heavy atom. The molecule has 0 bridgehead atoms. The maximum atomic E-state index is 12.1. The van der Waals surface area contributed by atoms with Crippen LogP contribution >= 0.6 is 7.37 Å². The molecule has 0 aromatic heterocycles. The fraction of sp³-hybridized carbons (Fsp3) is 0.250. The average molecular weight is 254 g/mol. The van der Waals surface area contributed by atoms with Crippen LogP contribution in [0.15, 0.2) is 43.0 Å². The highest BCUT2D eigenvalue weighted by molar-refractivity contribution is 7.66. The summed E-state index contributed by atoms with van der Waals surface area (Å²) >= 11 is 0. The van der Waals surface area contributed by atoms with E-state index < -0.39 is 19.3 Å². The molecule has 0 spiro atoms. The van der Waals surface area contributed by atoms with E-state index >= 15 is 0 Å². The molecule has 2 unspecified atom stereocenters. The average Bonchev–Trinajstić information content (AvgIpc) is 2.29. The van der Waals surface area contributed by atoms with Crippen LogP contribution in [0.5, 0.6) is 0 Å². The van der Waals surface area contributed by atoms with Gasteiger partial charge in [-0.15, -0.1) is 6.58 Å². The molecule has 1 aromatic rings. The highest BCUT2D eigenvalue weighted by Gasteiger charge is 2.29. The van der Waals surface area contributed by atoms with Gasteiger partial charge in [0.1, 0.15) is 0 Å². The van der Waals surface area contributed by atoms with E-state index in [1.807, 2.05) is 0 Å². The fourth-order valence-corrected chi connectivity index (χ4v) is 3.27. The van der Waals surface area contributed by atoms with E-state index in [1.54, 1.807) is 18.2 Å². The van der Waals surface area contributed by atoms with Crippen molar-refractivity contribution >= 4 is 18.6 Å². The number of benzene rings is 1.